The van der Waals surface area contributed by atoms with Crippen molar-refractivity contribution in [1.29, 1.82) is 0 Å². The molecule has 128 valence electrons. The number of hydrogen-bond donors (Lipinski definition) is 2. The van der Waals surface area contributed by atoms with Gasteiger partial charge in [0.05, 0.1) is 0 Å². The Labute approximate surface area is 138 Å². The van der Waals surface area contributed by atoms with Crippen molar-refractivity contribution in [1.82, 2.24) is 4.90 Å². The molecule has 2 N–H and O–H groups in total. The lowest BCUT2D eigenvalue weighted by atomic mass is 9.88. The number of rotatable bonds is 7. The Balaban J connectivity index is 1.78. The largest absolute Gasteiger partial charge is 0.491 e. The number of hydrogen-bond acceptors (Lipinski definition) is 4. The summed E-state index contributed by atoms with van der Waals surface area (Å²) in [7, 11) is 3.82. The first-order valence-corrected chi connectivity index (χ1v) is 8.41. The number of aliphatic hydroxyl groups excluding tert-OH is 1. The van der Waals surface area contributed by atoms with Gasteiger partial charge in [-0.05, 0) is 51.2 Å². The van der Waals surface area contributed by atoms with Crippen LogP contribution in [0, 0.1) is 5.92 Å². The van der Waals surface area contributed by atoms with Crippen molar-refractivity contribution in [2.24, 2.45) is 5.92 Å². The van der Waals surface area contributed by atoms with Crippen molar-refractivity contribution in [3.05, 3.63) is 24.3 Å². The average molecular weight is 320 g/mol. The highest BCUT2D eigenvalue weighted by Gasteiger charge is 2.20. The van der Waals surface area contributed by atoms with Crippen molar-refractivity contribution < 1.29 is 14.6 Å². The summed E-state index contributed by atoms with van der Waals surface area (Å²) in [4.78, 5) is 14.1. The maximum absolute atomic E-state index is 12.2. The standard InChI is InChI=1S/C18H28N2O3/c1-20(2)12-16(21)13-23-17-10-8-15(9-11-17)19-18(22)14-6-4-3-5-7-14/h8-11,14,16,21H,3-7,12-13H2,1-2H3,(H,19,22). The molecule has 5 heteroatoms. The van der Waals surface area contributed by atoms with Gasteiger partial charge in [0.2, 0.25) is 5.91 Å². The fourth-order valence-electron chi connectivity index (χ4n) is 2.91. The summed E-state index contributed by atoms with van der Waals surface area (Å²) in [5, 5.41) is 12.8. The Morgan fingerprint density at radius 2 is 1.91 bits per heavy atom. The molecule has 0 radical (unpaired) electrons. The number of carbonyl (C=O) groups excluding carboxylic acids is 1. The monoisotopic (exact) mass is 320 g/mol. The lowest BCUT2D eigenvalue weighted by Gasteiger charge is -2.20. The zero-order valence-electron chi connectivity index (χ0n) is 14.1. The molecule has 1 aromatic rings. The van der Waals surface area contributed by atoms with E-state index in [2.05, 4.69) is 5.32 Å². The van der Waals surface area contributed by atoms with Crippen LogP contribution < -0.4 is 10.1 Å². The molecule has 1 unspecified atom stereocenters. The number of aliphatic hydroxyl groups is 1. The van der Waals surface area contributed by atoms with E-state index in [1.807, 2.05) is 43.3 Å². The van der Waals surface area contributed by atoms with Gasteiger partial charge in [-0.2, -0.15) is 0 Å². The van der Waals surface area contributed by atoms with Gasteiger partial charge in [-0.1, -0.05) is 19.3 Å². The van der Waals surface area contributed by atoms with Gasteiger partial charge in [0.15, 0.2) is 0 Å². The molecule has 1 saturated carbocycles. The fourth-order valence-corrected chi connectivity index (χ4v) is 2.91. The second-order valence-electron chi connectivity index (χ2n) is 6.58. The highest BCUT2D eigenvalue weighted by atomic mass is 16.5. The minimum atomic E-state index is -0.518. The van der Waals surface area contributed by atoms with Crippen molar-refractivity contribution in [3.8, 4) is 5.75 Å². The number of nitrogens with zero attached hydrogens (tertiary/aromatic N) is 1. The van der Waals surface area contributed by atoms with Crippen LogP contribution in [0.2, 0.25) is 0 Å². The predicted molar refractivity (Wildman–Crippen MR) is 91.7 cm³/mol. The van der Waals surface area contributed by atoms with E-state index < -0.39 is 6.10 Å². The van der Waals surface area contributed by atoms with Crippen LogP contribution in [-0.2, 0) is 4.79 Å². The van der Waals surface area contributed by atoms with E-state index >= 15 is 0 Å². The predicted octanol–water partition coefficient (Wildman–Crippen LogP) is 2.51. The molecule has 2 rings (SSSR count). The summed E-state index contributed by atoms with van der Waals surface area (Å²) in [6.45, 7) is 0.821. The van der Waals surface area contributed by atoms with Gasteiger partial charge in [0, 0.05) is 18.2 Å². The first kappa shape index (κ1) is 17.8. The average Bonchev–Trinajstić information content (AvgIpc) is 2.54. The lowest BCUT2D eigenvalue weighted by Crippen LogP contribution is -2.30. The number of ether oxygens (including phenoxy) is 1. The summed E-state index contributed by atoms with van der Waals surface area (Å²) in [5.74, 6) is 0.971. The molecule has 0 heterocycles. The van der Waals surface area contributed by atoms with Crippen molar-refractivity contribution in [3.63, 3.8) is 0 Å². The normalized spacial score (nSPS) is 17.0. The molecule has 1 aliphatic carbocycles. The first-order valence-electron chi connectivity index (χ1n) is 8.41. The molecule has 1 aromatic carbocycles. The number of carbonyl (C=O) groups is 1. The van der Waals surface area contributed by atoms with E-state index in [1.165, 1.54) is 6.42 Å². The summed E-state index contributed by atoms with van der Waals surface area (Å²) < 4.78 is 5.56. The van der Waals surface area contributed by atoms with Crippen molar-refractivity contribution in [2.45, 2.75) is 38.2 Å². The Bertz CT molecular complexity index is 482. The van der Waals surface area contributed by atoms with Crippen LogP contribution in [0.25, 0.3) is 0 Å². The molecule has 0 bridgehead atoms. The minimum absolute atomic E-state index is 0.125. The maximum atomic E-state index is 12.2. The number of anilines is 1. The van der Waals surface area contributed by atoms with Crippen LogP contribution in [0.4, 0.5) is 5.69 Å². The summed E-state index contributed by atoms with van der Waals surface area (Å²) >= 11 is 0. The van der Waals surface area contributed by atoms with Gasteiger partial charge < -0.3 is 20.1 Å². The second-order valence-corrected chi connectivity index (χ2v) is 6.58. The molecule has 5 nitrogen and oxygen atoms in total. The van der Waals surface area contributed by atoms with Gasteiger partial charge in [0.1, 0.15) is 18.5 Å². The molecule has 0 aliphatic heterocycles. The van der Waals surface area contributed by atoms with Gasteiger partial charge in [0.25, 0.3) is 0 Å². The van der Waals surface area contributed by atoms with Gasteiger partial charge >= 0.3 is 0 Å². The lowest BCUT2D eigenvalue weighted by molar-refractivity contribution is -0.120. The van der Waals surface area contributed by atoms with Crippen molar-refractivity contribution in [2.75, 3.05) is 32.6 Å². The molecule has 1 aliphatic rings. The van der Waals surface area contributed by atoms with Crippen LogP contribution in [0.5, 0.6) is 5.75 Å². The van der Waals surface area contributed by atoms with Crippen LogP contribution >= 0.6 is 0 Å². The summed E-state index contributed by atoms with van der Waals surface area (Å²) in [5.41, 5.74) is 0.793. The topological polar surface area (TPSA) is 61.8 Å². The third-order valence-electron chi connectivity index (χ3n) is 4.12. The second kappa shape index (κ2) is 8.89. The molecule has 0 aromatic heterocycles. The molecule has 0 spiro atoms. The van der Waals surface area contributed by atoms with Gasteiger partial charge in [-0.3, -0.25) is 4.79 Å². The van der Waals surface area contributed by atoms with Crippen LogP contribution in [0.15, 0.2) is 24.3 Å². The number of likely N-dealkylation sites (N-methyl/N-ethyl adjacent to an activating group) is 1. The maximum Gasteiger partial charge on any atom is 0.227 e. The summed E-state index contributed by atoms with van der Waals surface area (Å²) in [6.07, 6.45) is 5.03. The molecular weight excluding hydrogens is 292 g/mol. The van der Waals surface area contributed by atoms with E-state index in [4.69, 9.17) is 4.74 Å². The smallest absolute Gasteiger partial charge is 0.227 e. The van der Waals surface area contributed by atoms with Gasteiger partial charge in [-0.15, -0.1) is 0 Å². The van der Waals surface area contributed by atoms with E-state index in [9.17, 15) is 9.90 Å². The third kappa shape index (κ3) is 6.20. The summed E-state index contributed by atoms with van der Waals surface area (Å²) in [6, 6.07) is 7.32. The molecule has 1 amide bonds. The Morgan fingerprint density at radius 1 is 1.26 bits per heavy atom. The molecular formula is C18H28N2O3. The van der Waals surface area contributed by atoms with Crippen LogP contribution in [-0.4, -0.2) is 49.3 Å². The SMILES string of the molecule is CN(C)CC(O)COc1ccc(NC(=O)C2CCCCC2)cc1. The number of benzene rings is 1. The highest BCUT2D eigenvalue weighted by Crippen LogP contribution is 2.25. The zero-order chi connectivity index (χ0) is 16.7. The Morgan fingerprint density at radius 3 is 2.52 bits per heavy atom. The Kier molecular flexibility index (Phi) is 6.86. The molecule has 0 saturated heterocycles. The van der Waals surface area contributed by atoms with Gasteiger partial charge in [-0.25, -0.2) is 0 Å². The third-order valence-corrected chi connectivity index (χ3v) is 4.12. The molecule has 1 atom stereocenters. The van der Waals surface area contributed by atoms with E-state index in [-0.39, 0.29) is 18.4 Å². The van der Waals surface area contributed by atoms with Crippen LogP contribution in [0.1, 0.15) is 32.1 Å². The molecule has 23 heavy (non-hydrogen) atoms. The van der Waals surface area contributed by atoms with E-state index in [1.54, 1.807) is 0 Å². The van der Waals surface area contributed by atoms with Crippen molar-refractivity contribution >= 4 is 11.6 Å². The fraction of sp³-hybridized carbons (Fsp3) is 0.611. The number of amides is 1. The Hall–Kier alpha value is -1.59. The zero-order valence-corrected chi connectivity index (χ0v) is 14.1. The number of nitrogens with one attached hydrogen (secondary N) is 1. The van der Waals surface area contributed by atoms with E-state index in [0.717, 1.165) is 31.4 Å². The first-order chi connectivity index (χ1) is 11.0. The molecule has 1 fully saturated rings. The highest BCUT2D eigenvalue weighted by molar-refractivity contribution is 5.92. The van der Waals surface area contributed by atoms with E-state index in [0.29, 0.717) is 12.3 Å². The van der Waals surface area contributed by atoms with Crippen LogP contribution in [0.3, 0.4) is 0 Å². The minimum Gasteiger partial charge on any atom is -0.491 e. The quantitative estimate of drug-likeness (QED) is 0.810.